The van der Waals surface area contributed by atoms with E-state index in [-0.39, 0.29) is 12.0 Å². The number of carbonyl (C=O) groups is 1. The van der Waals surface area contributed by atoms with Gasteiger partial charge < -0.3 is 15.0 Å². The summed E-state index contributed by atoms with van der Waals surface area (Å²) >= 11 is 0. The molecule has 1 N–H and O–H groups in total. The fraction of sp³-hybridized carbons (Fsp3) is 0.261. The first-order valence-corrected chi connectivity index (χ1v) is 9.87. The van der Waals surface area contributed by atoms with Gasteiger partial charge in [-0.05, 0) is 68.7 Å². The number of aryl methyl sites for hydroxylation is 1. The molecule has 1 aliphatic heterocycles. The van der Waals surface area contributed by atoms with Gasteiger partial charge in [0.25, 0.3) is 5.91 Å². The van der Waals surface area contributed by atoms with E-state index in [2.05, 4.69) is 32.3 Å². The molecule has 6 nitrogen and oxygen atoms in total. The summed E-state index contributed by atoms with van der Waals surface area (Å²) < 4.78 is 5.63. The molecule has 0 bridgehead atoms. The van der Waals surface area contributed by atoms with E-state index in [4.69, 9.17) is 4.74 Å². The third-order valence-electron chi connectivity index (χ3n) is 4.71. The standard InChI is InChI=1S/C23H24N4O2/c1-16(2)29-19-11-9-18(10-12-19)25-22(28)20-13-14-24-23(26-20)27-15-5-7-17-6-3-4-8-21(17)27/h3-4,6,8-14,16H,5,7,15H2,1-2H3,(H,25,28). The molecule has 1 aromatic heterocycles. The molecule has 0 unspecified atom stereocenters. The molecular weight excluding hydrogens is 364 g/mol. The fourth-order valence-corrected chi connectivity index (χ4v) is 3.43. The number of carbonyl (C=O) groups excluding carboxylic acids is 1. The van der Waals surface area contributed by atoms with Crippen LogP contribution in [0.3, 0.4) is 0 Å². The minimum atomic E-state index is -0.267. The molecule has 0 fully saturated rings. The summed E-state index contributed by atoms with van der Waals surface area (Å²) in [5.74, 6) is 1.05. The molecule has 148 valence electrons. The molecule has 3 aromatic rings. The van der Waals surface area contributed by atoms with Crippen molar-refractivity contribution in [3.8, 4) is 5.75 Å². The van der Waals surface area contributed by atoms with E-state index in [1.54, 1.807) is 12.3 Å². The predicted octanol–water partition coefficient (Wildman–Crippen LogP) is 4.60. The van der Waals surface area contributed by atoms with Crippen molar-refractivity contribution in [3.05, 3.63) is 72.1 Å². The van der Waals surface area contributed by atoms with Gasteiger partial charge in [-0.1, -0.05) is 18.2 Å². The second-order valence-corrected chi connectivity index (χ2v) is 7.27. The first kappa shape index (κ1) is 18.9. The molecule has 0 radical (unpaired) electrons. The Morgan fingerprint density at radius 3 is 2.69 bits per heavy atom. The summed E-state index contributed by atoms with van der Waals surface area (Å²) in [7, 11) is 0. The summed E-state index contributed by atoms with van der Waals surface area (Å²) in [5, 5.41) is 2.88. The number of benzene rings is 2. The van der Waals surface area contributed by atoms with Crippen LogP contribution in [0.5, 0.6) is 5.75 Å². The van der Waals surface area contributed by atoms with Crippen LogP contribution in [0.1, 0.15) is 36.3 Å². The third-order valence-corrected chi connectivity index (χ3v) is 4.71. The smallest absolute Gasteiger partial charge is 0.274 e. The van der Waals surface area contributed by atoms with E-state index in [1.165, 1.54) is 5.56 Å². The van der Waals surface area contributed by atoms with Crippen LogP contribution in [0.2, 0.25) is 0 Å². The Kier molecular flexibility index (Phi) is 5.42. The summed E-state index contributed by atoms with van der Waals surface area (Å²) in [5.41, 5.74) is 3.41. The molecule has 0 atom stereocenters. The molecule has 0 spiro atoms. The molecule has 0 saturated heterocycles. The Morgan fingerprint density at radius 1 is 1.10 bits per heavy atom. The van der Waals surface area contributed by atoms with Gasteiger partial charge in [0, 0.05) is 24.1 Å². The van der Waals surface area contributed by atoms with Crippen molar-refractivity contribution in [3.63, 3.8) is 0 Å². The summed E-state index contributed by atoms with van der Waals surface area (Å²) in [6.07, 6.45) is 3.81. The first-order chi connectivity index (χ1) is 14.1. The van der Waals surface area contributed by atoms with Crippen LogP contribution in [0.15, 0.2) is 60.8 Å². The molecule has 1 amide bonds. The average molecular weight is 388 g/mol. The van der Waals surface area contributed by atoms with Crippen LogP contribution >= 0.6 is 0 Å². The molecule has 4 rings (SSSR count). The summed E-state index contributed by atoms with van der Waals surface area (Å²) in [4.78, 5) is 23.7. The number of aromatic nitrogens is 2. The Bertz CT molecular complexity index is 1000. The van der Waals surface area contributed by atoms with Crippen LogP contribution in [0.4, 0.5) is 17.3 Å². The highest BCUT2D eigenvalue weighted by atomic mass is 16.5. The normalized spacial score (nSPS) is 13.1. The Hall–Kier alpha value is -3.41. The van der Waals surface area contributed by atoms with E-state index in [9.17, 15) is 4.79 Å². The second kappa shape index (κ2) is 8.31. The predicted molar refractivity (Wildman–Crippen MR) is 114 cm³/mol. The fourth-order valence-electron chi connectivity index (χ4n) is 3.43. The molecule has 6 heteroatoms. The number of nitrogens with zero attached hydrogens (tertiary/aromatic N) is 3. The number of anilines is 3. The van der Waals surface area contributed by atoms with E-state index in [0.29, 0.717) is 17.3 Å². The lowest BCUT2D eigenvalue weighted by molar-refractivity contribution is 0.102. The van der Waals surface area contributed by atoms with Crippen molar-refractivity contribution < 1.29 is 9.53 Å². The van der Waals surface area contributed by atoms with Crippen molar-refractivity contribution in [2.45, 2.75) is 32.8 Å². The quantitative estimate of drug-likeness (QED) is 0.692. The van der Waals surface area contributed by atoms with Gasteiger partial charge in [0.05, 0.1) is 6.10 Å². The van der Waals surface area contributed by atoms with Gasteiger partial charge in [-0.25, -0.2) is 9.97 Å². The monoisotopic (exact) mass is 388 g/mol. The van der Waals surface area contributed by atoms with Crippen molar-refractivity contribution in [1.82, 2.24) is 9.97 Å². The maximum Gasteiger partial charge on any atom is 0.274 e. The minimum Gasteiger partial charge on any atom is -0.491 e. The van der Waals surface area contributed by atoms with Crippen molar-refractivity contribution in [1.29, 1.82) is 0 Å². The van der Waals surface area contributed by atoms with Gasteiger partial charge in [0.15, 0.2) is 0 Å². The molecule has 29 heavy (non-hydrogen) atoms. The number of para-hydroxylation sites is 1. The number of amides is 1. The van der Waals surface area contributed by atoms with Crippen LogP contribution in [0, 0.1) is 0 Å². The van der Waals surface area contributed by atoms with Gasteiger partial charge in [0.2, 0.25) is 5.95 Å². The lowest BCUT2D eigenvalue weighted by Gasteiger charge is -2.29. The van der Waals surface area contributed by atoms with E-state index >= 15 is 0 Å². The highest BCUT2D eigenvalue weighted by molar-refractivity contribution is 6.03. The zero-order valence-electron chi connectivity index (χ0n) is 16.6. The van der Waals surface area contributed by atoms with Gasteiger partial charge in [0.1, 0.15) is 11.4 Å². The zero-order chi connectivity index (χ0) is 20.2. The van der Waals surface area contributed by atoms with Gasteiger partial charge in [-0.2, -0.15) is 0 Å². The number of hydrogen-bond donors (Lipinski definition) is 1. The van der Waals surface area contributed by atoms with E-state index < -0.39 is 0 Å². The van der Waals surface area contributed by atoms with Gasteiger partial charge >= 0.3 is 0 Å². The number of ether oxygens (including phenoxy) is 1. The minimum absolute atomic E-state index is 0.106. The van der Waals surface area contributed by atoms with Crippen LogP contribution in [-0.4, -0.2) is 28.5 Å². The molecule has 0 aliphatic carbocycles. The molecule has 0 saturated carbocycles. The van der Waals surface area contributed by atoms with Crippen molar-refractivity contribution in [2.75, 3.05) is 16.8 Å². The number of fused-ring (bicyclic) bond motifs is 1. The Morgan fingerprint density at radius 2 is 1.90 bits per heavy atom. The Balaban J connectivity index is 1.51. The zero-order valence-corrected chi connectivity index (χ0v) is 16.6. The second-order valence-electron chi connectivity index (χ2n) is 7.27. The molecule has 2 aromatic carbocycles. The summed E-state index contributed by atoms with van der Waals surface area (Å²) in [6, 6.07) is 17.2. The largest absolute Gasteiger partial charge is 0.491 e. The highest BCUT2D eigenvalue weighted by Crippen LogP contribution is 2.31. The van der Waals surface area contributed by atoms with Crippen LogP contribution in [-0.2, 0) is 6.42 Å². The molecule has 1 aliphatic rings. The molecule has 2 heterocycles. The van der Waals surface area contributed by atoms with Crippen molar-refractivity contribution in [2.24, 2.45) is 0 Å². The highest BCUT2D eigenvalue weighted by Gasteiger charge is 2.21. The maximum absolute atomic E-state index is 12.7. The number of nitrogens with one attached hydrogen (secondary N) is 1. The van der Waals surface area contributed by atoms with Crippen molar-refractivity contribution >= 4 is 23.2 Å². The van der Waals surface area contributed by atoms with Crippen LogP contribution < -0.4 is 15.0 Å². The third kappa shape index (κ3) is 4.37. The summed E-state index contributed by atoms with van der Waals surface area (Å²) in [6.45, 7) is 4.78. The average Bonchev–Trinajstić information content (AvgIpc) is 2.74. The lowest BCUT2D eigenvalue weighted by atomic mass is 10.0. The lowest BCUT2D eigenvalue weighted by Crippen LogP contribution is -2.27. The molecular formula is C23H24N4O2. The Labute approximate surface area is 170 Å². The topological polar surface area (TPSA) is 67.3 Å². The van der Waals surface area contributed by atoms with E-state index in [1.807, 2.05) is 50.2 Å². The van der Waals surface area contributed by atoms with E-state index in [0.717, 1.165) is 30.8 Å². The maximum atomic E-state index is 12.7. The van der Waals surface area contributed by atoms with Gasteiger partial charge in [-0.3, -0.25) is 4.79 Å². The van der Waals surface area contributed by atoms with Gasteiger partial charge in [-0.15, -0.1) is 0 Å². The first-order valence-electron chi connectivity index (χ1n) is 9.87. The number of rotatable bonds is 5. The van der Waals surface area contributed by atoms with Crippen LogP contribution in [0.25, 0.3) is 0 Å². The number of hydrogen-bond acceptors (Lipinski definition) is 5. The SMILES string of the molecule is CC(C)Oc1ccc(NC(=O)c2ccnc(N3CCCc4ccccc43)n2)cc1.